The second kappa shape index (κ2) is 5.48. The number of halogens is 2. The summed E-state index contributed by atoms with van der Waals surface area (Å²) in [5, 5.41) is 0. The van der Waals surface area contributed by atoms with Gasteiger partial charge in [-0.25, -0.2) is 4.39 Å². The number of hydrogen-bond acceptors (Lipinski definition) is 2. The molecule has 2 nitrogen and oxygen atoms in total. The third kappa shape index (κ3) is 2.88. The van der Waals surface area contributed by atoms with E-state index >= 15 is 0 Å². The van der Waals surface area contributed by atoms with Gasteiger partial charge in [0, 0.05) is 17.3 Å². The first-order valence-corrected chi connectivity index (χ1v) is 6.45. The highest BCUT2D eigenvalue weighted by atomic mass is 79.9. The van der Waals surface area contributed by atoms with Gasteiger partial charge >= 0.3 is 0 Å². The van der Waals surface area contributed by atoms with Crippen molar-refractivity contribution >= 4 is 21.7 Å². The van der Waals surface area contributed by atoms with E-state index in [1.165, 1.54) is 12.1 Å². The summed E-state index contributed by atoms with van der Waals surface area (Å²) in [5.74, 6) is 0.700. The maximum Gasteiger partial charge on any atom is 0.202 e. The van der Waals surface area contributed by atoms with E-state index in [2.05, 4.69) is 15.9 Å². The Labute approximate surface area is 113 Å². The number of carbonyl (C=O) groups excluding carboxylic acids is 1. The lowest BCUT2D eigenvalue weighted by Gasteiger charge is -2.02. The summed E-state index contributed by atoms with van der Waals surface area (Å²) in [6.45, 7) is 1.96. The predicted octanol–water partition coefficient (Wildman–Crippen LogP) is 4.17. The number of Topliss-reactive ketones (excluding diaryl/α,β-unsaturated/α-hetero) is 1. The maximum atomic E-state index is 12.9. The average molecular weight is 311 g/mol. The quantitative estimate of drug-likeness (QED) is 0.793. The number of carbonyl (C=O) groups is 1. The number of aryl methyl sites for hydroxylation is 1. The number of furan rings is 1. The Kier molecular flexibility index (Phi) is 3.97. The van der Waals surface area contributed by atoms with Gasteiger partial charge in [-0.15, -0.1) is 0 Å². The normalized spacial score (nSPS) is 10.6. The van der Waals surface area contributed by atoms with E-state index in [9.17, 15) is 9.18 Å². The molecule has 2 rings (SSSR count). The van der Waals surface area contributed by atoms with Gasteiger partial charge in [0.25, 0.3) is 0 Å². The van der Waals surface area contributed by atoms with Gasteiger partial charge in [-0.3, -0.25) is 4.79 Å². The van der Waals surface area contributed by atoms with Gasteiger partial charge in [0.1, 0.15) is 11.6 Å². The zero-order valence-electron chi connectivity index (χ0n) is 9.87. The van der Waals surface area contributed by atoms with Crippen LogP contribution < -0.4 is 0 Å². The Morgan fingerprint density at radius 2 is 2.11 bits per heavy atom. The largest absolute Gasteiger partial charge is 0.458 e. The summed E-state index contributed by atoms with van der Waals surface area (Å²) < 4.78 is 18.9. The molecule has 0 saturated heterocycles. The molecule has 0 amide bonds. The zero-order valence-corrected chi connectivity index (χ0v) is 11.5. The lowest BCUT2D eigenvalue weighted by Crippen LogP contribution is -2.03. The Balaban J connectivity index is 2.16. The van der Waals surface area contributed by atoms with Crippen LogP contribution in [0.4, 0.5) is 4.39 Å². The van der Waals surface area contributed by atoms with E-state index in [-0.39, 0.29) is 18.0 Å². The lowest BCUT2D eigenvalue weighted by atomic mass is 10.1. The molecule has 1 aromatic carbocycles. The molecule has 0 N–H and O–H groups in total. The van der Waals surface area contributed by atoms with Crippen molar-refractivity contribution in [3.63, 3.8) is 0 Å². The SMILES string of the molecule is CCc1ccc(C(=O)Cc2ccc(F)cc2Br)o1. The summed E-state index contributed by atoms with van der Waals surface area (Å²) in [6.07, 6.45) is 0.949. The highest BCUT2D eigenvalue weighted by Crippen LogP contribution is 2.20. The fraction of sp³-hybridized carbons (Fsp3) is 0.214. The minimum atomic E-state index is -0.329. The number of benzene rings is 1. The lowest BCUT2D eigenvalue weighted by molar-refractivity contribution is 0.0964. The van der Waals surface area contributed by atoms with Gasteiger partial charge < -0.3 is 4.42 Å². The first kappa shape index (κ1) is 13.0. The van der Waals surface area contributed by atoms with Crippen molar-refractivity contribution < 1.29 is 13.6 Å². The van der Waals surface area contributed by atoms with Gasteiger partial charge in [-0.05, 0) is 29.8 Å². The van der Waals surface area contributed by atoms with Crippen molar-refractivity contribution in [3.05, 3.63) is 57.7 Å². The molecule has 94 valence electrons. The Hall–Kier alpha value is -1.42. The number of rotatable bonds is 4. The molecule has 0 aliphatic rings. The van der Waals surface area contributed by atoms with Gasteiger partial charge in [0.05, 0.1) is 0 Å². The molecule has 18 heavy (non-hydrogen) atoms. The molecule has 0 fully saturated rings. The topological polar surface area (TPSA) is 30.2 Å². The van der Waals surface area contributed by atoms with Crippen molar-refractivity contribution in [3.8, 4) is 0 Å². The molecule has 4 heteroatoms. The fourth-order valence-electron chi connectivity index (χ4n) is 1.64. The predicted molar refractivity (Wildman–Crippen MR) is 70.2 cm³/mol. The van der Waals surface area contributed by atoms with E-state index in [0.29, 0.717) is 10.2 Å². The van der Waals surface area contributed by atoms with Crippen LogP contribution >= 0.6 is 15.9 Å². The van der Waals surface area contributed by atoms with Crippen LogP contribution in [-0.2, 0) is 12.8 Å². The third-order valence-electron chi connectivity index (χ3n) is 2.65. The molecule has 0 aliphatic heterocycles. The molecule has 2 aromatic rings. The molecule has 0 spiro atoms. The standard InChI is InChI=1S/C14H12BrFO2/c1-2-11-5-6-14(18-11)13(17)7-9-3-4-10(16)8-12(9)15/h3-6,8H,2,7H2,1H3. The Morgan fingerprint density at radius 3 is 2.72 bits per heavy atom. The Morgan fingerprint density at radius 1 is 1.33 bits per heavy atom. The van der Waals surface area contributed by atoms with E-state index in [1.807, 2.05) is 6.92 Å². The van der Waals surface area contributed by atoms with E-state index in [1.54, 1.807) is 18.2 Å². The maximum absolute atomic E-state index is 12.9. The monoisotopic (exact) mass is 310 g/mol. The van der Waals surface area contributed by atoms with Crippen LogP contribution in [0.5, 0.6) is 0 Å². The van der Waals surface area contributed by atoms with Crippen molar-refractivity contribution in [2.45, 2.75) is 19.8 Å². The summed E-state index contributed by atoms with van der Waals surface area (Å²) in [7, 11) is 0. The van der Waals surface area contributed by atoms with Crippen LogP contribution in [0.1, 0.15) is 28.8 Å². The summed E-state index contributed by atoms with van der Waals surface area (Å²) in [4.78, 5) is 12.0. The van der Waals surface area contributed by atoms with Crippen LogP contribution in [0.2, 0.25) is 0 Å². The van der Waals surface area contributed by atoms with Crippen LogP contribution in [-0.4, -0.2) is 5.78 Å². The third-order valence-corrected chi connectivity index (χ3v) is 3.39. The van der Waals surface area contributed by atoms with Crippen molar-refractivity contribution in [2.75, 3.05) is 0 Å². The summed E-state index contributed by atoms with van der Waals surface area (Å²) >= 11 is 3.24. The van der Waals surface area contributed by atoms with Gasteiger partial charge in [-0.1, -0.05) is 28.9 Å². The summed E-state index contributed by atoms with van der Waals surface area (Å²) in [6, 6.07) is 7.77. The highest BCUT2D eigenvalue weighted by Gasteiger charge is 2.13. The number of hydrogen-bond donors (Lipinski definition) is 0. The molecule has 0 atom stereocenters. The smallest absolute Gasteiger partial charge is 0.202 e. The Bertz CT molecular complexity index is 575. The fourth-order valence-corrected chi connectivity index (χ4v) is 2.13. The average Bonchev–Trinajstić information content (AvgIpc) is 2.81. The van der Waals surface area contributed by atoms with Crippen LogP contribution in [0.15, 0.2) is 39.2 Å². The van der Waals surface area contributed by atoms with E-state index in [4.69, 9.17) is 4.42 Å². The molecular formula is C14H12BrFO2. The molecule has 0 saturated carbocycles. The molecular weight excluding hydrogens is 299 g/mol. The molecule has 0 aliphatic carbocycles. The van der Waals surface area contributed by atoms with Gasteiger partial charge in [-0.2, -0.15) is 0 Å². The van der Waals surface area contributed by atoms with Gasteiger partial charge in [0.2, 0.25) is 5.78 Å². The molecule has 0 radical (unpaired) electrons. The first-order valence-electron chi connectivity index (χ1n) is 5.66. The highest BCUT2D eigenvalue weighted by molar-refractivity contribution is 9.10. The van der Waals surface area contributed by atoms with Crippen molar-refractivity contribution in [1.82, 2.24) is 0 Å². The van der Waals surface area contributed by atoms with E-state index < -0.39 is 0 Å². The zero-order chi connectivity index (χ0) is 13.1. The van der Waals surface area contributed by atoms with Crippen LogP contribution in [0, 0.1) is 5.82 Å². The second-order valence-electron chi connectivity index (χ2n) is 3.96. The van der Waals surface area contributed by atoms with Crippen molar-refractivity contribution in [1.29, 1.82) is 0 Å². The second-order valence-corrected chi connectivity index (χ2v) is 4.81. The summed E-state index contributed by atoms with van der Waals surface area (Å²) in [5.41, 5.74) is 0.746. The van der Waals surface area contributed by atoms with Crippen LogP contribution in [0.25, 0.3) is 0 Å². The van der Waals surface area contributed by atoms with Crippen molar-refractivity contribution in [2.24, 2.45) is 0 Å². The van der Waals surface area contributed by atoms with Crippen LogP contribution in [0.3, 0.4) is 0 Å². The number of ketones is 1. The molecule has 0 unspecified atom stereocenters. The van der Waals surface area contributed by atoms with Gasteiger partial charge in [0.15, 0.2) is 5.76 Å². The minimum absolute atomic E-state index is 0.109. The molecule has 0 bridgehead atoms. The minimum Gasteiger partial charge on any atom is -0.458 e. The van der Waals surface area contributed by atoms with E-state index in [0.717, 1.165) is 17.7 Å². The molecule has 1 heterocycles. The first-order chi connectivity index (χ1) is 8.60. The molecule has 1 aromatic heterocycles.